The summed E-state index contributed by atoms with van der Waals surface area (Å²) >= 11 is 0. The number of aromatic nitrogens is 3. The fourth-order valence-corrected chi connectivity index (χ4v) is 7.68. The summed E-state index contributed by atoms with van der Waals surface area (Å²) in [5, 5.41) is 8.83. The van der Waals surface area contributed by atoms with Crippen molar-refractivity contribution in [3.05, 3.63) is 211 Å². The smallest absolute Gasteiger partial charge is 0.164 e. The molecule has 54 heavy (non-hydrogen) atoms. The second kappa shape index (κ2) is 13.4. The van der Waals surface area contributed by atoms with E-state index in [1.807, 2.05) is 60.7 Å². The molecule has 0 saturated carbocycles. The minimum atomic E-state index is 0.0333. The zero-order valence-electron chi connectivity index (χ0n) is 29.4. The molecule has 1 aromatic heterocycles. The first kappa shape index (κ1) is 31.6. The Hall–Kier alpha value is -7.17. The molecule has 1 aliphatic heterocycles. The van der Waals surface area contributed by atoms with Crippen molar-refractivity contribution in [2.75, 3.05) is 5.32 Å². The van der Waals surface area contributed by atoms with Crippen LogP contribution in [0.5, 0.6) is 0 Å². The normalized spacial score (nSPS) is 13.6. The van der Waals surface area contributed by atoms with Gasteiger partial charge in [0.15, 0.2) is 17.5 Å². The van der Waals surface area contributed by atoms with Crippen LogP contribution in [0.1, 0.15) is 22.7 Å². The Kier molecular flexibility index (Phi) is 7.85. The van der Waals surface area contributed by atoms with Gasteiger partial charge in [0.1, 0.15) is 0 Å². The van der Waals surface area contributed by atoms with E-state index in [1.54, 1.807) is 0 Å². The van der Waals surface area contributed by atoms with Crippen LogP contribution < -0.4 is 5.32 Å². The summed E-state index contributed by atoms with van der Waals surface area (Å²) in [5.74, 6) is 1.96. The number of benzene rings is 8. The van der Waals surface area contributed by atoms with Gasteiger partial charge in [-0.3, -0.25) is 0 Å². The van der Waals surface area contributed by atoms with Crippen LogP contribution in [0.2, 0.25) is 0 Å². The van der Waals surface area contributed by atoms with Gasteiger partial charge in [-0.25, -0.2) is 15.0 Å². The molecule has 4 nitrogen and oxygen atoms in total. The summed E-state index contributed by atoms with van der Waals surface area (Å²) < 4.78 is 0. The fourth-order valence-electron chi connectivity index (χ4n) is 7.68. The lowest BCUT2D eigenvalue weighted by atomic mass is 9.85. The summed E-state index contributed by atoms with van der Waals surface area (Å²) in [6.45, 7) is 0. The molecule has 1 N–H and O–H groups in total. The van der Waals surface area contributed by atoms with Gasteiger partial charge in [-0.2, -0.15) is 0 Å². The molecule has 0 bridgehead atoms. The molecule has 10 rings (SSSR count). The maximum Gasteiger partial charge on any atom is 0.164 e. The number of anilines is 1. The largest absolute Gasteiger partial charge is 0.374 e. The van der Waals surface area contributed by atoms with Crippen LogP contribution in [0.4, 0.5) is 5.69 Å². The second-order valence-corrected chi connectivity index (χ2v) is 13.7. The van der Waals surface area contributed by atoms with Crippen molar-refractivity contribution in [2.45, 2.75) is 6.04 Å². The van der Waals surface area contributed by atoms with Crippen LogP contribution in [0.3, 0.4) is 0 Å². The minimum Gasteiger partial charge on any atom is -0.374 e. The van der Waals surface area contributed by atoms with Gasteiger partial charge in [-0.05, 0) is 67.6 Å². The van der Waals surface area contributed by atoms with Gasteiger partial charge in [-0.15, -0.1) is 0 Å². The molecule has 0 spiro atoms. The molecular formula is C50H34N4. The first-order valence-electron chi connectivity index (χ1n) is 18.3. The Morgan fingerprint density at radius 3 is 1.57 bits per heavy atom. The number of fused-ring (bicyclic) bond motifs is 4. The van der Waals surface area contributed by atoms with Gasteiger partial charge < -0.3 is 5.32 Å². The molecule has 0 fully saturated rings. The molecule has 0 radical (unpaired) electrons. The van der Waals surface area contributed by atoms with Crippen molar-refractivity contribution in [3.8, 4) is 45.3 Å². The fraction of sp³-hybridized carbons (Fsp3) is 0.0200. The van der Waals surface area contributed by atoms with Gasteiger partial charge in [-0.1, -0.05) is 176 Å². The first-order valence-corrected chi connectivity index (χ1v) is 18.3. The topological polar surface area (TPSA) is 50.7 Å². The van der Waals surface area contributed by atoms with E-state index < -0.39 is 0 Å². The highest BCUT2D eigenvalue weighted by Gasteiger charge is 2.24. The third-order valence-electron chi connectivity index (χ3n) is 10.4. The molecule has 0 aliphatic carbocycles. The SMILES string of the molecule is C1=C(c2ccccc2)c2c(ccc3cc(-c4ccc(-c5nc(-c6ccccc6)nc(-c6ccccc6)n5)cc4)ccc23)NC1c1cccc2ccccc12. The van der Waals surface area contributed by atoms with E-state index in [4.69, 9.17) is 15.0 Å². The highest BCUT2D eigenvalue weighted by atomic mass is 15.0. The molecule has 9 aromatic rings. The molecule has 1 atom stereocenters. The van der Waals surface area contributed by atoms with Crippen molar-refractivity contribution < 1.29 is 0 Å². The Morgan fingerprint density at radius 2 is 0.907 bits per heavy atom. The number of hydrogen-bond acceptors (Lipinski definition) is 4. The maximum absolute atomic E-state index is 4.92. The molecule has 1 aliphatic rings. The molecule has 254 valence electrons. The zero-order chi connectivity index (χ0) is 35.8. The van der Waals surface area contributed by atoms with Crippen molar-refractivity contribution in [3.63, 3.8) is 0 Å². The summed E-state index contributed by atoms with van der Waals surface area (Å²) in [7, 11) is 0. The van der Waals surface area contributed by atoms with Crippen molar-refractivity contribution in [1.29, 1.82) is 0 Å². The van der Waals surface area contributed by atoms with E-state index in [2.05, 4.69) is 139 Å². The number of rotatable bonds is 6. The molecular weight excluding hydrogens is 657 g/mol. The average molecular weight is 691 g/mol. The molecule has 1 unspecified atom stereocenters. The van der Waals surface area contributed by atoms with E-state index in [9.17, 15) is 0 Å². The number of hydrogen-bond donors (Lipinski definition) is 1. The lowest BCUT2D eigenvalue weighted by Gasteiger charge is -2.29. The summed E-state index contributed by atoms with van der Waals surface area (Å²) in [4.78, 5) is 14.7. The van der Waals surface area contributed by atoms with Crippen LogP contribution in [0.25, 0.3) is 72.4 Å². The van der Waals surface area contributed by atoms with Gasteiger partial charge in [0.25, 0.3) is 0 Å². The van der Waals surface area contributed by atoms with Crippen LogP contribution in [-0.2, 0) is 0 Å². The lowest BCUT2D eigenvalue weighted by molar-refractivity contribution is 0.986. The zero-order valence-corrected chi connectivity index (χ0v) is 29.4. The first-order chi connectivity index (χ1) is 26.7. The second-order valence-electron chi connectivity index (χ2n) is 13.7. The highest BCUT2D eigenvalue weighted by molar-refractivity contribution is 6.05. The van der Waals surface area contributed by atoms with E-state index in [0.717, 1.165) is 33.5 Å². The summed E-state index contributed by atoms with van der Waals surface area (Å²) in [5.41, 5.74) is 11.2. The quantitative estimate of drug-likeness (QED) is 0.189. The van der Waals surface area contributed by atoms with E-state index in [0.29, 0.717) is 17.5 Å². The van der Waals surface area contributed by atoms with E-state index in [1.165, 1.54) is 43.8 Å². The molecule has 0 saturated heterocycles. The highest BCUT2D eigenvalue weighted by Crippen LogP contribution is 2.44. The number of nitrogens with zero attached hydrogens (tertiary/aromatic N) is 3. The molecule has 8 aromatic carbocycles. The lowest BCUT2D eigenvalue weighted by Crippen LogP contribution is -2.15. The minimum absolute atomic E-state index is 0.0333. The Balaban J connectivity index is 1.02. The van der Waals surface area contributed by atoms with Gasteiger partial charge in [0.05, 0.1) is 6.04 Å². The van der Waals surface area contributed by atoms with Gasteiger partial charge in [0.2, 0.25) is 0 Å². The van der Waals surface area contributed by atoms with Gasteiger partial charge >= 0.3 is 0 Å². The summed E-state index contributed by atoms with van der Waals surface area (Å²) in [6.07, 6.45) is 2.40. The monoisotopic (exact) mass is 690 g/mol. The standard InChI is InChI=1S/C50H34N4/c1-4-13-35(14-5-1)44-32-46(43-22-12-20-34-15-10-11-21-41(34)43)51-45-30-28-40-31-39(27-29-42(40)47(44)45)33-23-25-38(26-24-33)50-53-48(36-16-6-2-7-17-36)52-49(54-50)37-18-8-3-9-19-37/h1-32,46,51H. The van der Waals surface area contributed by atoms with Crippen molar-refractivity contribution in [1.82, 2.24) is 15.0 Å². The third-order valence-corrected chi connectivity index (χ3v) is 10.4. The predicted molar refractivity (Wildman–Crippen MR) is 223 cm³/mol. The van der Waals surface area contributed by atoms with Crippen LogP contribution in [0, 0.1) is 0 Å². The van der Waals surface area contributed by atoms with E-state index in [-0.39, 0.29) is 6.04 Å². The predicted octanol–water partition coefficient (Wildman–Crippen LogP) is 12.4. The molecule has 0 amide bonds. The molecule has 2 heterocycles. The van der Waals surface area contributed by atoms with Crippen molar-refractivity contribution in [2.24, 2.45) is 0 Å². The van der Waals surface area contributed by atoms with Crippen molar-refractivity contribution >= 4 is 32.8 Å². The average Bonchev–Trinajstić information content (AvgIpc) is 3.26. The van der Waals surface area contributed by atoms with Crippen LogP contribution >= 0.6 is 0 Å². The van der Waals surface area contributed by atoms with E-state index >= 15 is 0 Å². The third kappa shape index (κ3) is 5.80. The Morgan fingerprint density at radius 1 is 0.370 bits per heavy atom. The van der Waals surface area contributed by atoms with Gasteiger partial charge in [0, 0.05) is 27.9 Å². The number of nitrogens with one attached hydrogen (secondary N) is 1. The Labute approximate surface area is 314 Å². The van der Waals surface area contributed by atoms with Crippen LogP contribution in [0.15, 0.2) is 194 Å². The molecule has 4 heteroatoms. The maximum atomic E-state index is 4.92. The summed E-state index contributed by atoms with van der Waals surface area (Å²) in [6, 6.07) is 66.0. The Bertz CT molecular complexity index is 2770. The van der Waals surface area contributed by atoms with Crippen LogP contribution in [-0.4, -0.2) is 15.0 Å².